The van der Waals surface area contributed by atoms with Gasteiger partial charge in [0, 0.05) is 24.6 Å². The van der Waals surface area contributed by atoms with E-state index in [0.29, 0.717) is 33.3 Å². The van der Waals surface area contributed by atoms with Gasteiger partial charge in [0.05, 0.1) is 23.5 Å². The SMILES string of the molecule is CC(C)c1noc(N2CCC([C@@H](C)Oc3nn4cc(-c5ccc(C#N)cc5F)nc4s3)CC2)n1. The van der Waals surface area contributed by atoms with Crippen molar-refractivity contribution in [2.45, 2.75) is 45.6 Å². The van der Waals surface area contributed by atoms with Gasteiger partial charge >= 0.3 is 6.01 Å². The summed E-state index contributed by atoms with van der Waals surface area (Å²) >= 11 is 1.32. The fraction of sp³-hybridized carbons (Fsp3) is 0.435. The van der Waals surface area contributed by atoms with Crippen molar-refractivity contribution in [2.24, 2.45) is 5.92 Å². The highest BCUT2D eigenvalue weighted by atomic mass is 32.1. The average Bonchev–Trinajstić information content (AvgIpc) is 3.54. The summed E-state index contributed by atoms with van der Waals surface area (Å²) in [5, 5.41) is 18.0. The third-order valence-electron chi connectivity index (χ3n) is 6.11. The number of nitriles is 1. The van der Waals surface area contributed by atoms with Gasteiger partial charge < -0.3 is 14.2 Å². The molecule has 0 bridgehead atoms. The number of rotatable bonds is 6. The van der Waals surface area contributed by atoms with Gasteiger partial charge in [-0.3, -0.25) is 0 Å². The lowest BCUT2D eigenvalue weighted by molar-refractivity contribution is 0.130. The lowest BCUT2D eigenvalue weighted by Gasteiger charge is -2.33. The number of aromatic nitrogens is 5. The van der Waals surface area contributed by atoms with Crippen molar-refractivity contribution in [3.8, 4) is 22.5 Å². The molecule has 0 saturated carbocycles. The minimum absolute atomic E-state index is 0.0117. The van der Waals surface area contributed by atoms with E-state index in [2.05, 4.69) is 32.0 Å². The lowest BCUT2D eigenvalue weighted by atomic mass is 9.92. The zero-order valence-corrected chi connectivity index (χ0v) is 19.9. The first-order chi connectivity index (χ1) is 16.4. The topological polar surface area (TPSA) is 105 Å². The quantitative estimate of drug-likeness (QED) is 0.392. The van der Waals surface area contributed by atoms with E-state index in [9.17, 15) is 4.39 Å². The van der Waals surface area contributed by atoms with Crippen molar-refractivity contribution in [3.05, 3.63) is 41.6 Å². The van der Waals surface area contributed by atoms with Gasteiger partial charge in [0.2, 0.25) is 4.96 Å². The minimum atomic E-state index is -0.484. The number of hydrogen-bond acceptors (Lipinski definition) is 9. The molecule has 3 aromatic heterocycles. The van der Waals surface area contributed by atoms with Crippen molar-refractivity contribution in [1.29, 1.82) is 5.26 Å². The second-order valence-corrected chi connectivity index (χ2v) is 9.68. The molecule has 4 aromatic rings. The van der Waals surface area contributed by atoms with Gasteiger partial charge in [-0.15, -0.1) is 5.10 Å². The van der Waals surface area contributed by atoms with Crippen LogP contribution in [0.1, 0.15) is 50.9 Å². The molecule has 1 saturated heterocycles. The molecule has 11 heteroatoms. The lowest BCUT2D eigenvalue weighted by Crippen LogP contribution is -2.38. The first kappa shape index (κ1) is 22.3. The molecular weight excluding hydrogens is 457 g/mol. The summed E-state index contributed by atoms with van der Waals surface area (Å²) in [4.78, 5) is 11.7. The summed E-state index contributed by atoms with van der Waals surface area (Å²) in [5.41, 5.74) is 1.07. The molecule has 0 radical (unpaired) electrons. The predicted octanol–water partition coefficient (Wildman–Crippen LogP) is 4.66. The number of halogens is 1. The van der Waals surface area contributed by atoms with Gasteiger partial charge in [-0.1, -0.05) is 19.0 Å². The Kier molecular flexibility index (Phi) is 5.91. The van der Waals surface area contributed by atoms with Gasteiger partial charge in [0.25, 0.3) is 5.19 Å². The average molecular weight is 482 g/mol. The molecule has 1 fully saturated rings. The number of hydrogen-bond donors (Lipinski definition) is 0. The molecule has 1 aliphatic rings. The van der Waals surface area contributed by atoms with Crippen LogP contribution in [0.3, 0.4) is 0 Å². The van der Waals surface area contributed by atoms with E-state index in [-0.39, 0.29) is 17.6 Å². The highest BCUT2D eigenvalue weighted by Crippen LogP contribution is 2.31. The van der Waals surface area contributed by atoms with Crippen LogP contribution in [-0.4, -0.2) is 43.9 Å². The maximum absolute atomic E-state index is 14.3. The molecule has 0 unspecified atom stereocenters. The number of imidazole rings is 1. The van der Waals surface area contributed by atoms with Crippen LogP contribution in [0.2, 0.25) is 0 Å². The molecule has 34 heavy (non-hydrogen) atoms. The van der Waals surface area contributed by atoms with E-state index in [1.807, 2.05) is 19.9 Å². The van der Waals surface area contributed by atoms with E-state index in [1.165, 1.54) is 17.4 Å². The van der Waals surface area contributed by atoms with Crippen LogP contribution in [0.25, 0.3) is 16.2 Å². The van der Waals surface area contributed by atoms with E-state index in [1.54, 1.807) is 22.8 Å². The van der Waals surface area contributed by atoms with Crippen molar-refractivity contribution in [1.82, 2.24) is 24.7 Å². The first-order valence-corrected chi connectivity index (χ1v) is 12.0. The molecular formula is C23H24FN7O2S. The molecule has 1 aromatic carbocycles. The molecule has 0 amide bonds. The molecule has 176 valence electrons. The Morgan fingerprint density at radius 3 is 2.68 bits per heavy atom. The van der Waals surface area contributed by atoms with Crippen LogP contribution in [-0.2, 0) is 0 Å². The van der Waals surface area contributed by atoms with Gasteiger partial charge in [0.15, 0.2) is 5.82 Å². The highest BCUT2D eigenvalue weighted by Gasteiger charge is 2.28. The van der Waals surface area contributed by atoms with Gasteiger partial charge in [-0.25, -0.2) is 13.9 Å². The molecule has 0 spiro atoms. The number of ether oxygens (including phenoxy) is 1. The normalized spacial score (nSPS) is 15.7. The van der Waals surface area contributed by atoms with Crippen molar-refractivity contribution < 1.29 is 13.7 Å². The Morgan fingerprint density at radius 2 is 2.03 bits per heavy atom. The number of nitrogens with zero attached hydrogens (tertiary/aromatic N) is 7. The maximum atomic E-state index is 14.3. The predicted molar refractivity (Wildman–Crippen MR) is 124 cm³/mol. The third kappa shape index (κ3) is 4.33. The van der Waals surface area contributed by atoms with Crippen LogP contribution >= 0.6 is 11.3 Å². The van der Waals surface area contributed by atoms with Crippen molar-refractivity contribution in [3.63, 3.8) is 0 Å². The van der Waals surface area contributed by atoms with E-state index < -0.39 is 5.82 Å². The maximum Gasteiger partial charge on any atom is 0.324 e. The molecule has 1 atom stereocenters. The zero-order chi connectivity index (χ0) is 23.8. The third-order valence-corrected chi connectivity index (χ3v) is 6.92. The summed E-state index contributed by atoms with van der Waals surface area (Å²) in [6.45, 7) is 7.81. The number of benzene rings is 1. The summed E-state index contributed by atoms with van der Waals surface area (Å²) in [6.07, 6.45) is 3.56. The smallest absolute Gasteiger partial charge is 0.324 e. The van der Waals surface area contributed by atoms with Gasteiger partial charge in [0.1, 0.15) is 11.9 Å². The monoisotopic (exact) mass is 481 g/mol. The summed E-state index contributed by atoms with van der Waals surface area (Å²) < 4.78 is 27.5. The highest BCUT2D eigenvalue weighted by molar-refractivity contribution is 7.18. The minimum Gasteiger partial charge on any atom is -0.466 e. The van der Waals surface area contributed by atoms with Gasteiger partial charge in [-0.2, -0.15) is 10.2 Å². The second kappa shape index (κ2) is 9.02. The van der Waals surface area contributed by atoms with Crippen LogP contribution in [0, 0.1) is 23.1 Å². The van der Waals surface area contributed by atoms with Crippen LogP contribution in [0.5, 0.6) is 5.19 Å². The molecule has 4 heterocycles. The largest absolute Gasteiger partial charge is 0.466 e. The fourth-order valence-corrected chi connectivity index (χ4v) is 4.87. The number of anilines is 1. The summed E-state index contributed by atoms with van der Waals surface area (Å²) in [6, 6.07) is 6.86. The van der Waals surface area contributed by atoms with E-state index in [0.717, 1.165) is 31.8 Å². The number of fused-ring (bicyclic) bond motifs is 1. The zero-order valence-electron chi connectivity index (χ0n) is 19.1. The van der Waals surface area contributed by atoms with Crippen LogP contribution in [0.4, 0.5) is 10.4 Å². The van der Waals surface area contributed by atoms with E-state index in [4.69, 9.17) is 14.5 Å². The second-order valence-electron chi connectivity index (χ2n) is 8.76. The summed E-state index contributed by atoms with van der Waals surface area (Å²) in [7, 11) is 0. The Hall–Kier alpha value is -3.52. The van der Waals surface area contributed by atoms with Crippen molar-refractivity contribution in [2.75, 3.05) is 18.0 Å². The fourth-order valence-electron chi connectivity index (χ4n) is 4.06. The molecule has 0 aliphatic carbocycles. The molecule has 9 nitrogen and oxygen atoms in total. The van der Waals surface area contributed by atoms with E-state index >= 15 is 0 Å². The molecule has 1 aliphatic heterocycles. The Morgan fingerprint density at radius 1 is 1.24 bits per heavy atom. The molecule has 0 N–H and O–H groups in total. The van der Waals surface area contributed by atoms with Crippen LogP contribution in [0.15, 0.2) is 28.9 Å². The summed E-state index contributed by atoms with van der Waals surface area (Å²) in [5.74, 6) is 0.861. The Balaban J connectivity index is 1.21. The standard InChI is InChI=1S/C23H24FN7O2S/c1-13(2)20-27-21(33-29-20)30-8-6-16(7-9-30)14(3)32-23-28-31-12-19(26-22(31)34-23)17-5-4-15(11-25)10-18(17)24/h4-5,10,12-14,16H,6-9H2,1-3H3/t14-/m1/s1. The number of piperidine rings is 1. The Bertz CT molecular complexity index is 1320. The van der Waals surface area contributed by atoms with Crippen molar-refractivity contribution >= 4 is 22.3 Å². The van der Waals surface area contributed by atoms with Gasteiger partial charge in [-0.05, 0) is 55.2 Å². The molecule has 5 rings (SSSR count). The Labute approximate surface area is 199 Å². The van der Waals surface area contributed by atoms with Crippen LogP contribution < -0.4 is 9.64 Å². The first-order valence-electron chi connectivity index (χ1n) is 11.2.